The lowest BCUT2D eigenvalue weighted by Gasteiger charge is -2.32. The maximum atomic E-state index is 10.6. The van der Waals surface area contributed by atoms with Crippen LogP contribution in [0, 0.1) is 6.92 Å². The predicted octanol–water partition coefficient (Wildman–Crippen LogP) is 1.78. The minimum absolute atomic E-state index is 0.287. The van der Waals surface area contributed by atoms with Crippen LogP contribution in [-0.4, -0.2) is 34.5 Å². The van der Waals surface area contributed by atoms with E-state index in [-0.39, 0.29) is 5.82 Å². The largest absolute Gasteiger partial charge is 0.496 e. The average molecular weight is 278 g/mol. The number of pyridine rings is 1. The molecule has 108 valence electrons. The van der Waals surface area contributed by atoms with Crippen LogP contribution in [0.25, 0.3) is 0 Å². The molecule has 0 aromatic carbocycles. The topological polar surface area (TPSA) is 80.7 Å². The van der Waals surface area contributed by atoms with Gasteiger partial charge in [0.15, 0.2) is 0 Å². The van der Waals surface area contributed by atoms with Crippen molar-refractivity contribution in [2.45, 2.75) is 45.8 Å². The van der Waals surface area contributed by atoms with Crippen molar-refractivity contribution in [3.05, 3.63) is 17.8 Å². The van der Waals surface area contributed by atoms with Crippen LogP contribution in [0.1, 0.15) is 33.3 Å². The molecule has 1 saturated heterocycles. The van der Waals surface area contributed by atoms with Crippen LogP contribution in [0.5, 0.6) is 0 Å². The molecule has 0 spiro atoms. The van der Waals surface area contributed by atoms with Crippen molar-refractivity contribution in [2.24, 2.45) is 0 Å². The molecule has 7 heteroatoms. The van der Waals surface area contributed by atoms with Crippen molar-refractivity contribution >= 4 is 24.5 Å². The van der Waals surface area contributed by atoms with Crippen molar-refractivity contribution in [2.75, 3.05) is 5.32 Å². The van der Waals surface area contributed by atoms with Crippen LogP contribution in [0.3, 0.4) is 0 Å². The zero-order valence-corrected chi connectivity index (χ0v) is 12.4. The SMILES string of the molecule is Cc1cc(NC(=O)O)ncc1B1OC(C)(C)C(C)(C)O1. The normalized spacial score (nSPS) is 19.9. The molecule has 1 fully saturated rings. The number of hydrogen-bond donors (Lipinski definition) is 2. The first-order valence-corrected chi connectivity index (χ1v) is 6.44. The second-order valence-electron chi connectivity index (χ2n) is 5.94. The maximum absolute atomic E-state index is 10.6. The number of rotatable bonds is 2. The maximum Gasteiger partial charge on any atom is 0.496 e. The highest BCUT2D eigenvalue weighted by molar-refractivity contribution is 6.62. The monoisotopic (exact) mass is 278 g/mol. The molecule has 2 N–H and O–H groups in total. The summed E-state index contributed by atoms with van der Waals surface area (Å²) in [4.78, 5) is 14.7. The van der Waals surface area contributed by atoms with Gasteiger partial charge in [-0.25, -0.2) is 9.78 Å². The highest BCUT2D eigenvalue weighted by atomic mass is 16.7. The van der Waals surface area contributed by atoms with Gasteiger partial charge in [0.05, 0.1) is 11.2 Å². The zero-order chi connectivity index (χ0) is 15.1. The van der Waals surface area contributed by atoms with Gasteiger partial charge in [-0.15, -0.1) is 0 Å². The second kappa shape index (κ2) is 4.75. The van der Waals surface area contributed by atoms with Crippen LogP contribution in [-0.2, 0) is 9.31 Å². The third kappa shape index (κ3) is 2.64. The Morgan fingerprint density at radius 3 is 2.30 bits per heavy atom. The number of amides is 1. The van der Waals surface area contributed by atoms with Gasteiger partial charge in [-0.05, 0) is 46.2 Å². The van der Waals surface area contributed by atoms with Gasteiger partial charge in [0.1, 0.15) is 5.82 Å². The highest BCUT2D eigenvalue weighted by Gasteiger charge is 2.52. The molecule has 0 aliphatic carbocycles. The fourth-order valence-electron chi connectivity index (χ4n) is 1.96. The third-order valence-electron chi connectivity index (χ3n) is 3.89. The Bertz CT molecular complexity index is 529. The van der Waals surface area contributed by atoms with E-state index in [9.17, 15) is 4.79 Å². The van der Waals surface area contributed by atoms with E-state index in [1.165, 1.54) is 0 Å². The fraction of sp³-hybridized carbons (Fsp3) is 0.538. The first-order valence-electron chi connectivity index (χ1n) is 6.44. The molecule has 0 radical (unpaired) electrons. The van der Waals surface area contributed by atoms with Gasteiger partial charge in [-0.3, -0.25) is 5.32 Å². The first kappa shape index (κ1) is 14.8. The first-order chi connectivity index (χ1) is 9.12. The minimum Gasteiger partial charge on any atom is -0.465 e. The van der Waals surface area contributed by atoms with Gasteiger partial charge in [-0.1, -0.05) is 0 Å². The zero-order valence-electron chi connectivity index (χ0n) is 12.4. The van der Waals surface area contributed by atoms with E-state index in [4.69, 9.17) is 14.4 Å². The third-order valence-corrected chi connectivity index (χ3v) is 3.89. The van der Waals surface area contributed by atoms with E-state index in [1.54, 1.807) is 12.3 Å². The summed E-state index contributed by atoms with van der Waals surface area (Å²) in [6.45, 7) is 9.80. The number of anilines is 1. The molecule has 1 aliphatic heterocycles. The number of nitrogens with zero attached hydrogens (tertiary/aromatic N) is 1. The number of aryl methyl sites for hydroxylation is 1. The molecule has 1 aromatic heterocycles. The van der Waals surface area contributed by atoms with E-state index in [2.05, 4.69) is 10.3 Å². The Balaban J connectivity index is 2.25. The molecule has 20 heavy (non-hydrogen) atoms. The van der Waals surface area contributed by atoms with E-state index in [0.29, 0.717) is 0 Å². The van der Waals surface area contributed by atoms with Crippen LogP contribution >= 0.6 is 0 Å². The number of hydrogen-bond acceptors (Lipinski definition) is 4. The Morgan fingerprint density at radius 2 is 1.85 bits per heavy atom. The van der Waals surface area contributed by atoms with Gasteiger partial charge in [0.2, 0.25) is 0 Å². The molecule has 2 heterocycles. The second-order valence-corrected chi connectivity index (χ2v) is 5.94. The predicted molar refractivity (Wildman–Crippen MR) is 76.3 cm³/mol. The highest BCUT2D eigenvalue weighted by Crippen LogP contribution is 2.36. The molecule has 2 rings (SSSR count). The summed E-state index contributed by atoms with van der Waals surface area (Å²) in [6.07, 6.45) is 0.447. The van der Waals surface area contributed by atoms with Gasteiger partial charge in [-0.2, -0.15) is 0 Å². The van der Waals surface area contributed by atoms with Crippen LogP contribution in [0.15, 0.2) is 12.3 Å². The summed E-state index contributed by atoms with van der Waals surface area (Å²) in [5.74, 6) is 0.287. The number of nitrogens with one attached hydrogen (secondary N) is 1. The number of carbonyl (C=O) groups is 1. The minimum atomic E-state index is -1.14. The van der Waals surface area contributed by atoms with Gasteiger partial charge < -0.3 is 14.4 Å². The van der Waals surface area contributed by atoms with Crippen molar-refractivity contribution in [3.8, 4) is 0 Å². The van der Waals surface area contributed by atoms with E-state index < -0.39 is 24.4 Å². The van der Waals surface area contributed by atoms with E-state index in [0.717, 1.165) is 11.0 Å². The average Bonchev–Trinajstić information content (AvgIpc) is 2.46. The standard InChI is InChI=1S/C13H19BN2O4/c1-8-6-10(16-11(17)18)15-7-9(8)14-19-12(2,3)13(4,5)20-14/h6-7H,1-5H3,(H,15,16)(H,17,18). The fourth-order valence-corrected chi connectivity index (χ4v) is 1.96. The van der Waals surface area contributed by atoms with E-state index >= 15 is 0 Å². The molecule has 0 unspecified atom stereocenters. The smallest absolute Gasteiger partial charge is 0.465 e. The number of carboxylic acid groups (broad SMARTS) is 1. The van der Waals surface area contributed by atoms with E-state index in [1.807, 2.05) is 34.6 Å². The Kier molecular flexibility index (Phi) is 3.52. The summed E-state index contributed by atoms with van der Waals surface area (Å²) in [6, 6.07) is 1.66. The van der Waals surface area contributed by atoms with Crippen molar-refractivity contribution < 1.29 is 19.2 Å². The summed E-state index contributed by atoms with van der Waals surface area (Å²) >= 11 is 0. The van der Waals surface area contributed by atoms with Gasteiger partial charge in [0, 0.05) is 11.7 Å². The molecule has 0 bridgehead atoms. The molecule has 1 amide bonds. The number of aromatic nitrogens is 1. The van der Waals surface area contributed by atoms with Gasteiger partial charge in [0.25, 0.3) is 0 Å². The van der Waals surface area contributed by atoms with Crippen molar-refractivity contribution in [1.29, 1.82) is 0 Å². The summed E-state index contributed by atoms with van der Waals surface area (Å²) in [5, 5.41) is 10.9. The van der Waals surface area contributed by atoms with Gasteiger partial charge >= 0.3 is 13.2 Å². The Labute approximate surface area is 118 Å². The van der Waals surface area contributed by atoms with Crippen LogP contribution < -0.4 is 10.8 Å². The molecular weight excluding hydrogens is 259 g/mol. The molecule has 6 nitrogen and oxygen atoms in total. The van der Waals surface area contributed by atoms with Crippen molar-refractivity contribution in [1.82, 2.24) is 4.98 Å². The lowest BCUT2D eigenvalue weighted by molar-refractivity contribution is 0.00578. The molecule has 0 saturated carbocycles. The summed E-state index contributed by atoms with van der Waals surface area (Å²) in [5.41, 5.74) is 0.839. The molecule has 1 aliphatic rings. The molecular formula is C13H19BN2O4. The molecule has 0 atom stereocenters. The Hall–Kier alpha value is -1.60. The lowest BCUT2D eigenvalue weighted by Crippen LogP contribution is -2.41. The Morgan fingerprint density at radius 1 is 1.30 bits per heavy atom. The van der Waals surface area contributed by atoms with Crippen molar-refractivity contribution in [3.63, 3.8) is 0 Å². The van der Waals surface area contributed by atoms with Crippen LogP contribution in [0.4, 0.5) is 10.6 Å². The quantitative estimate of drug-likeness (QED) is 0.806. The van der Waals surface area contributed by atoms with Crippen LogP contribution in [0.2, 0.25) is 0 Å². The lowest BCUT2D eigenvalue weighted by atomic mass is 9.77. The summed E-state index contributed by atoms with van der Waals surface area (Å²) in [7, 11) is -0.494. The summed E-state index contributed by atoms with van der Waals surface area (Å²) < 4.78 is 11.9. The molecule has 1 aromatic rings.